The van der Waals surface area contributed by atoms with Gasteiger partial charge in [0.2, 0.25) is 5.91 Å². The molecular formula is C52H85NO13. The van der Waals surface area contributed by atoms with Crippen LogP contribution in [0.2, 0.25) is 0 Å². The molecule has 0 aromatic rings. The van der Waals surface area contributed by atoms with Gasteiger partial charge in [0.25, 0.3) is 0 Å². The molecule has 0 spiro atoms. The van der Waals surface area contributed by atoms with E-state index in [4.69, 9.17) is 18.9 Å². The first kappa shape index (κ1) is 59.0. The van der Waals surface area contributed by atoms with Gasteiger partial charge < -0.3 is 65.1 Å². The fraction of sp³-hybridized carbons (Fsp3) is 0.673. The molecule has 2 saturated heterocycles. The fourth-order valence-corrected chi connectivity index (χ4v) is 7.31. The Labute approximate surface area is 394 Å². The molecule has 2 fully saturated rings. The molecule has 9 N–H and O–H groups in total. The molecule has 0 aromatic heterocycles. The molecule has 2 aliphatic rings. The highest BCUT2D eigenvalue weighted by Crippen LogP contribution is 2.30. The van der Waals surface area contributed by atoms with Crippen molar-refractivity contribution in [2.75, 3.05) is 19.8 Å². The summed E-state index contributed by atoms with van der Waals surface area (Å²) in [4.78, 5) is 13.1. The molecular weight excluding hydrogens is 847 g/mol. The van der Waals surface area contributed by atoms with Crippen LogP contribution < -0.4 is 5.32 Å². The standard InChI is InChI=1S/C52H85NO13/c1-3-5-7-9-10-11-12-13-14-15-16-17-18-19-20-21-22-23-24-25-26-27-28-29-30-32-34-36-44(57)53-40(41(56)35-33-31-8-6-4-2)39-63-51-49(62)47(60)50(43(38-55)65-51)66-52-48(61)46(59)45(58)42(37-54)64-52/h5,7,10-11,13-14,16-17,19-20,22-23,25-26,28-29,40-43,45-52,54-56,58-62H,3-4,6,8-9,12,15,18,21,24,27,30-39H2,1-2H3,(H,53,57)/b7-5-,11-10-,14-13-,17-16-,20-19-,23-22-,26-25-,29-28-. The van der Waals surface area contributed by atoms with Gasteiger partial charge in [-0.3, -0.25) is 4.79 Å². The summed E-state index contributed by atoms with van der Waals surface area (Å²) < 4.78 is 22.6. The molecule has 1 amide bonds. The molecule has 0 saturated carbocycles. The second kappa shape index (κ2) is 37.8. The van der Waals surface area contributed by atoms with Gasteiger partial charge in [-0.15, -0.1) is 0 Å². The van der Waals surface area contributed by atoms with Gasteiger partial charge in [0.1, 0.15) is 48.8 Å². The predicted octanol–water partition coefficient (Wildman–Crippen LogP) is 5.98. The number of allylic oxidation sites excluding steroid dienone is 16. The van der Waals surface area contributed by atoms with Crippen molar-refractivity contribution in [2.45, 2.75) is 203 Å². The third-order valence-corrected chi connectivity index (χ3v) is 11.3. The van der Waals surface area contributed by atoms with Crippen molar-refractivity contribution in [1.29, 1.82) is 0 Å². The minimum absolute atomic E-state index is 0.240. The lowest BCUT2D eigenvalue weighted by molar-refractivity contribution is -0.359. The average Bonchev–Trinajstić information content (AvgIpc) is 3.31. The topological polar surface area (TPSA) is 228 Å². The molecule has 12 unspecified atom stereocenters. The van der Waals surface area contributed by atoms with Crippen LogP contribution in [-0.4, -0.2) is 140 Å². The summed E-state index contributed by atoms with van der Waals surface area (Å²) in [6.07, 6.45) is 33.4. The van der Waals surface area contributed by atoms with E-state index in [9.17, 15) is 45.6 Å². The zero-order valence-corrected chi connectivity index (χ0v) is 39.6. The Hall–Kier alpha value is -3.09. The summed E-state index contributed by atoms with van der Waals surface area (Å²) in [7, 11) is 0. The van der Waals surface area contributed by atoms with Crippen molar-refractivity contribution in [1.82, 2.24) is 5.32 Å². The van der Waals surface area contributed by atoms with Crippen molar-refractivity contribution in [3.05, 3.63) is 97.2 Å². The monoisotopic (exact) mass is 932 g/mol. The molecule has 0 aliphatic carbocycles. The summed E-state index contributed by atoms with van der Waals surface area (Å²) in [5.74, 6) is -0.263. The number of hydrogen-bond donors (Lipinski definition) is 9. The zero-order chi connectivity index (χ0) is 48.2. The number of unbranched alkanes of at least 4 members (excludes halogenated alkanes) is 6. The van der Waals surface area contributed by atoms with Crippen molar-refractivity contribution in [2.24, 2.45) is 0 Å². The highest BCUT2D eigenvalue weighted by Gasteiger charge is 2.51. The number of carbonyl (C=O) groups is 1. The van der Waals surface area contributed by atoms with Crippen molar-refractivity contribution >= 4 is 5.91 Å². The van der Waals surface area contributed by atoms with Gasteiger partial charge in [0, 0.05) is 6.42 Å². The molecule has 2 aliphatic heterocycles. The van der Waals surface area contributed by atoms with Gasteiger partial charge in [0.15, 0.2) is 12.6 Å². The Balaban J connectivity index is 1.72. The van der Waals surface area contributed by atoms with E-state index in [0.717, 1.165) is 96.3 Å². The molecule has 2 heterocycles. The van der Waals surface area contributed by atoms with Crippen LogP contribution in [0, 0.1) is 0 Å². The van der Waals surface area contributed by atoms with E-state index in [2.05, 4.69) is 116 Å². The molecule has 14 heteroatoms. The lowest BCUT2D eigenvalue weighted by Gasteiger charge is -2.46. The number of aliphatic hydroxyl groups is 8. The smallest absolute Gasteiger partial charge is 0.220 e. The van der Waals surface area contributed by atoms with Crippen LogP contribution >= 0.6 is 0 Å². The number of carbonyl (C=O) groups excluding carboxylic acids is 1. The van der Waals surface area contributed by atoms with Crippen LogP contribution in [0.4, 0.5) is 0 Å². The number of hydrogen-bond acceptors (Lipinski definition) is 13. The maximum atomic E-state index is 13.1. The molecule has 0 aromatic carbocycles. The minimum Gasteiger partial charge on any atom is -0.394 e. The average molecular weight is 932 g/mol. The van der Waals surface area contributed by atoms with E-state index in [1.807, 2.05) is 0 Å². The Bertz CT molecular complexity index is 1470. The Morgan fingerprint density at radius 2 is 1.05 bits per heavy atom. The fourth-order valence-electron chi connectivity index (χ4n) is 7.31. The van der Waals surface area contributed by atoms with Crippen LogP contribution in [0.1, 0.15) is 129 Å². The van der Waals surface area contributed by atoms with E-state index in [1.165, 1.54) is 0 Å². The van der Waals surface area contributed by atoms with Crippen LogP contribution in [-0.2, 0) is 23.7 Å². The maximum absolute atomic E-state index is 13.1. The summed E-state index contributed by atoms with van der Waals surface area (Å²) in [6.45, 7) is 2.56. The van der Waals surface area contributed by atoms with Gasteiger partial charge in [-0.1, -0.05) is 143 Å². The quantitative estimate of drug-likeness (QED) is 0.0264. The minimum atomic E-state index is -1.79. The second-order valence-electron chi connectivity index (χ2n) is 16.9. The first-order valence-corrected chi connectivity index (χ1v) is 24.5. The number of amides is 1. The van der Waals surface area contributed by atoms with Gasteiger partial charge in [-0.2, -0.15) is 0 Å². The molecule has 0 radical (unpaired) electrons. The van der Waals surface area contributed by atoms with Gasteiger partial charge in [0.05, 0.1) is 32.0 Å². The van der Waals surface area contributed by atoms with Crippen LogP contribution in [0.15, 0.2) is 97.2 Å². The first-order valence-electron chi connectivity index (χ1n) is 24.5. The molecule has 66 heavy (non-hydrogen) atoms. The highest BCUT2D eigenvalue weighted by atomic mass is 16.7. The second-order valence-corrected chi connectivity index (χ2v) is 16.9. The molecule has 376 valence electrons. The van der Waals surface area contributed by atoms with Crippen molar-refractivity contribution in [3.63, 3.8) is 0 Å². The van der Waals surface area contributed by atoms with Gasteiger partial charge >= 0.3 is 0 Å². The van der Waals surface area contributed by atoms with Crippen LogP contribution in [0.25, 0.3) is 0 Å². The van der Waals surface area contributed by atoms with Crippen molar-refractivity contribution < 1.29 is 64.6 Å². The lowest BCUT2D eigenvalue weighted by atomic mass is 9.97. The van der Waals surface area contributed by atoms with E-state index in [0.29, 0.717) is 12.8 Å². The normalized spacial score (nSPS) is 27.7. The third-order valence-electron chi connectivity index (χ3n) is 11.3. The Morgan fingerprint density at radius 1 is 0.561 bits per heavy atom. The van der Waals surface area contributed by atoms with E-state index in [-0.39, 0.29) is 18.9 Å². The highest BCUT2D eigenvalue weighted by molar-refractivity contribution is 5.76. The van der Waals surface area contributed by atoms with E-state index in [1.54, 1.807) is 0 Å². The van der Waals surface area contributed by atoms with Crippen LogP contribution in [0.3, 0.4) is 0 Å². The summed E-state index contributed by atoms with van der Waals surface area (Å²) in [5, 5.41) is 86.2. The number of rotatable bonds is 35. The molecule has 14 nitrogen and oxygen atoms in total. The van der Waals surface area contributed by atoms with Gasteiger partial charge in [-0.25, -0.2) is 0 Å². The van der Waals surface area contributed by atoms with Gasteiger partial charge in [-0.05, 0) is 77.0 Å². The summed E-state index contributed by atoms with van der Waals surface area (Å²) in [5.41, 5.74) is 0. The maximum Gasteiger partial charge on any atom is 0.220 e. The third kappa shape index (κ3) is 24.8. The zero-order valence-electron chi connectivity index (χ0n) is 39.6. The van der Waals surface area contributed by atoms with E-state index >= 15 is 0 Å². The first-order chi connectivity index (χ1) is 32.1. The summed E-state index contributed by atoms with van der Waals surface area (Å²) in [6, 6.07) is -0.855. The number of aliphatic hydroxyl groups excluding tert-OH is 8. The molecule has 2 rings (SSSR count). The Morgan fingerprint density at radius 3 is 1.56 bits per heavy atom. The SMILES string of the molecule is CC/C=C\C/C=C\C/C=C\C/C=C\C/C=C\C/C=C\C/C=C\C/C=C\CCCCC(=O)NC(COC1OC(CO)C(OC2OC(CO)C(O)C(O)C2O)C(O)C1O)C(O)CCCCCCC. The molecule has 12 atom stereocenters. The number of ether oxygens (including phenoxy) is 4. The largest absolute Gasteiger partial charge is 0.394 e. The summed E-state index contributed by atoms with van der Waals surface area (Å²) >= 11 is 0. The van der Waals surface area contributed by atoms with E-state index < -0.39 is 86.8 Å². The predicted molar refractivity (Wildman–Crippen MR) is 258 cm³/mol. The van der Waals surface area contributed by atoms with Crippen molar-refractivity contribution in [3.8, 4) is 0 Å². The molecule has 0 bridgehead atoms. The Kier molecular flexibility index (Phi) is 33.8. The number of nitrogens with one attached hydrogen (secondary N) is 1. The van der Waals surface area contributed by atoms with Crippen LogP contribution in [0.5, 0.6) is 0 Å². The lowest BCUT2D eigenvalue weighted by Crippen LogP contribution is -2.65.